The first kappa shape index (κ1) is 16.3. The predicted molar refractivity (Wildman–Crippen MR) is 84.2 cm³/mol. The number of unbranched alkanes of at least 4 members (excludes halogenated alkanes) is 1. The molecule has 0 saturated carbocycles. The molecule has 1 rings (SSSR count). The molecular weight excluding hydrogens is 272 g/mol. The molecule has 1 aromatic heterocycles. The Morgan fingerprint density at radius 3 is 2.70 bits per heavy atom. The van der Waals surface area contributed by atoms with Gasteiger partial charge in [-0.05, 0) is 12.8 Å². The molecule has 1 aromatic rings. The van der Waals surface area contributed by atoms with Crippen LogP contribution in [-0.4, -0.2) is 26.0 Å². The number of hydrogen-bond donors (Lipinski definition) is 2. The maximum atomic E-state index is 12.0. The third kappa shape index (κ3) is 3.64. The van der Waals surface area contributed by atoms with Crippen molar-refractivity contribution in [3.63, 3.8) is 0 Å². The Morgan fingerprint density at radius 1 is 1.45 bits per heavy atom. The van der Waals surface area contributed by atoms with Crippen molar-refractivity contribution in [3.8, 4) is 6.07 Å². The maximum absolute atomic E-state index is 12.0. The Hall–Kier alpha value is -1.74. The molecule has 0 atom stereocenters. The molecule has 110 valence electrons. The van der Waals surface area contributed by atoms with Crippen molar-refractivity contribution >= 4 is 27.9 Å². The van der Waals surface area contributed by atoms with Gasteiger partial charge in [-0.15, -0.1) is 11.3 Å². The maximum Gasteiger partial charge on any atom is 0.263 e. The van der Waals surface area contributed by atoms with Crippen molar-refractivity contribution in [2.45, 2.75) is 33.1 Å². The average Bonchev–Trinajstić information content (AvgIpc) is 2.79. The van der Waals surface area contributed by atoms with Gasteiger partial charge in [0.05, 0.1) is 5.69 Å². The number of hydrogen-bond acceptors (Lipinski definition) is 5. The van der Waals surface area contributed by atoms with Crippen LogP contribution in [0.25, 0.3) is 0 Å². The fraction of sp³-hybridized carbons (Fsp3) is 0.571. The summed E-state index contributed by atoms with van der Waals surface area (Å²) in [7, 11) is 1.93. The molecule has 3 N–H and O–H groups in total. The number of thiophene rings is 1. The second-order valence-electron chi connectivity index (χ2n) is 4.67. The van der Waals surface area contributed by atoms with E-state index in [4.69, 9.17) is 5.73 Å². The summed E-state index contributed by atoms with van der Waals surface area (Å²) in [6.45, 7) is 5.56. The van der Waals surface area contributed by atoms with Gasteiger partial charge in [0.25, 0.3) is 5.91 Å². The van der Waals surface area contributed by atoms with E-state index in [1.54, 1.807) is 0 Å². The first-order chi connectivity index (χ1) is 9.56. The van der Waals surface area contributed by atoms with Crippen LogP contribution >= 0.6 is 11.3 Å². The Morgan fingerprint density at radius 2 is 2.15 bits per heavy atom. The molecule has 0 radical (unpaired) electrons. The van der Waals surface area contributed by atoms with Crippen molar-refractivity contribution in [2.75, 3.05) is 30.8 Å². The van der Waals surface area contributed by atoms with Crippen LogP contribution in [0.1, 0.15) is 48.3 Å². The van der Waals surface area contributed by atoms with Crippen LogP contribution in [0.4, 0.5) is 10.7 Å². The van der Waals surface area contributed by atoms with Crippen molar-refractivity contribution < 1.29 is 4.79 Å². The summed E-state index contributed by atoms with van der Waals surface area (Å²) in [5.41, 5.74) is 6.66. The molecule has 0 bridgehead atoms. The van der Waals surface area contributed by atoms with Crippen LogP contribution in [-0.2, 0) is 0 Å². The molecule has 0 unspecified atom stereocenters. The largest absolute Gasteiger partial charge is 0.396 e. The molecule has 0 spiro atoms. The normalized spacial score (nSPS) is 10.1. The zero-order chi connectivity index (χ0) is 15.1. The van der Waals surface area contributed by atoms with Gasteiger partial charge in [-0.1, -0.05) is 20.3 Å². The number of anilines is 2. The van der Waals surface area contributed by atoms with E-state index in [2.05, 4.69) is 18.3 Å². The van der Waals surface area contributed by atoms with Gasteiger partial charge in [0, 0.05) is 20.1 Å². The van der Waals surface area contributed by atoms with E-state index in [0.29, 0.717) is 22.7 Å². The molecule has 0 aromatic carbocycles. The summed E-state index contributed by atoms with van der Waals surface area (Å²) in [5, 5.41) is 12.8. The van der Waals surface area contributed by atoms with Gasteiger partial charge in [-0.25, -0.2) is 0 Å². The number of amides is 1. The summed E-state index contributed by atoms with van der Waals surface area (Å²) in [5.74, 6) is -0.194. The fourth-order valence-corrected chi connectivity index (χ4v) is 2.87. The smallest absolute Gasteiger partial charge is 0.263 e. The van der Waals surface area contributed by atoms with Gasteiger partial charge in [0.15, 0.2) is 0 Å². The van der Waals surface area contributed by atoms with Gasteiger partial charge < -0.3 is 16.0 Å². The number of nitrogens with zero attached hydrogens (tertiary/aromatic N) is 2. The van der Waals surface area contributed by atoms with Crippen LogP contribution < -0.4 is 16.0 Å². The molecule has 0 aliphatic heterocycles. The summed E-state index contributed by atoms with van der Waals surface area (Å²) >= 11 is 1.29. The van der Waals surface area contributed by atoms with Gasteiger partial charge >= 0.3 is 0 Å². The molecule has 0 aliphatic rings. The first-order valence-electron chi connectivity index (χ1n) is 6.88. The second-order valence-corrected chi connectivity index (χ2v) is 5.67. The minimum Gasteiger partial charge on any atom is -0.396 e. The van der Waals surface area contributed by atoms with E-state index in [9.17, 15) is 10.1 Å². The number of nitrogens with one attached hydrogen (secondary N) is 1. The monoisotopic (exact) mass is 294 g/mol. The minimum atomic E-state index is -0.194. The Labute approximate surface area is 124 Å². The van der Waals surface area contributed by atoms with Crippen LogP contribution in [0.15, 0.2) is 0 Å². The standard InChI is InChI=1S/C14H22N4OS/c1-4-6-8-18(3)14-10(9-15)11(16)12(20-14)13(19)17-7-5-2/h4-8,16H2,1-3H3,(H,17,19). The molecular formula is C14H22N4OS. The van der Waals surface area contributed by atoms with E-state index in [1.165, 1.54) is 11.3 Å². The van der Waals surface area contributed by atoms with Crippen LogP contribution in [0.5, 0.6) is 0 Å². The van der Waals surface area contributed by atoms with E-state index >= 15 is 0 Å². The highest BCUT2D eigenvalue weighted by Crippen LogP contribution is 2.37. The summed E-state index contributed by atoms with van der Waals surface area (Å²) in [4.78, 5) is 14.5. The highest BCUT2D eigenvalue weighted by atomic mass is 32.1. The molecule has 20 heavy (non-hydrogen) atoms. The molecule has 5 nitrogen and oxygen atoms in total. The Bertz CT molecular complexity index is 504. The third-order valence-electron chi connectivity index (χ3n) is 2.97. The number of nitrogens with two attached hydrogens (primary N) is 1. The number of nitriles is 1. The Kier molecular flexibility index (Phi) is 6.32. The van der Waals surface area contributed by atoms with Gasteiger partial charge in [-0.2, -0.15) is 5.26 Å². The summed E-state index contributed by atoms with van der Waals surface area (Å²) in [6, 6.07) is 2.12. The van der Waals surface area contributed by atoms with Crippen LogP contribution in [0, 0.1) is 11.3 Å². The topological polar surface area (TPSA) is 82.2 Å². The number of rotatable bonds is 7. The van der Waals surface area contributed by atoms with E-state index in [-0.39, 0.29) is 5.91 Å². The number of carbonyl (C=O) groups excluding carboxylic acids is 1. The van der Waals surface area contributed by atoms with Crippen LogP contribution in [0.3, 0.4) is 0 Å². The van der Waals surface area contributed by atoms with E-state index in [0.717, 1.165) is 30.8 Å². The third-order valence-corrected chi connectivity index (χ3v) is 4.29. The minimum absolute atomic E-state index is 0.194. The number of nitrogen functional groups attached to an aromatic ring is 1. The van der Waals surface area contributed by atoms with Crippen molar-refractivity contribution in [1.82, 2.24) is 5.32 Å². The molecule has 1 heterocycles. The summed E-state index contributed by atoms with van der Waals surface area (Å²) in [6.07, 6.45) is 2.98. The lowest BCUT2D eigenvalue weighted by Gasteiger charge is -2.16. The molecule has 6 heteroatoms. The first-order valence-corrected chi connectivity index (χ1v) is 7.70. The lowest BCUT2D eigenvalue weighted by molar-refractivity contribution is 0.0958. The molecule has 0 aliphatic carbocycles. The van der Waals surface area contributed by atoms with Crippen molar-refractivity contribution in [3.05, 3.63) is 10.4 Å². The summed E-state index contributed by atoms with van der Waals surface area (Å²) < 4.78 is 0. The Balaban J connectivity index is 3.02. The highest BCUT2D eigenvalue weighted by Gasteiger charge is 2.22. The van der Waals surface area contributed by atoms with Crippen molar-refractivity contribution in [1.29, 1.82) is 5.26 Å². The molecule has 0 saturated heterocycles. The van der Waals surface area contributed by atoms with Gasteiger partial charge in [0.1, 0.15) is 21.5 Å². The highest BCUT2D eigenvalue weighted by molar-refractivity contribution is 7.19. The number of carbonyl (C=O) groups is 1. The lowest BCUT2D eigenvalue weighted by atomic mass is 10.2. The van der Waals surface area contributed by atoms with E-state index in [1.807, 2.05) is 18.9 Å². The SMILES string of the molecule is CCCCN(C)c1sc(C(=O)NCCC)c(N)c1C#N. The van der Waals surface area contributed by atoms with Crippen molar-refractivity contribution in [2.24, 2.45) is 0 Å². The predicted octanol–water partition coefficient (Wildman–Crippen LogP) is 2.58. The van der Waals surface area contributed by atoms with E-state index < -0.39 is 0 Å². The van der Waals surface area contributed by atoms with Crippen LogP contribution in [0.2, 0.25) is 0 Å². The fourth-order valence-electron chi connectivity index (χ4n) is 1.79. The zero-order valence-corrected chi connectivity index (χ0v) is 13.1. The zero-order valence-electron chi connectivity index (χ0n) is 12.3. The van der Waals surface area contributed by atoms with Gasteiger partial charge in [0.2, 0.25) is 0 Å². The van der Waals surface area contributed by atoms with Gasteiger partial charge in [-0.3, -0.25) is 4.79 Å². The quantitative estimate of drug-likeness (QED) is 0.809. The second kappa shape index (κ2) is 7.75. The lowest BCUT2D eigenvalue weighted by Crippen LogP contribution is -2.23. The molecule has 0 fully saturated rings. The molecule has 1 amide bonds. The average molecular weight is 294 g/mol.